The fraction of sp³-hybridized carbons (Fsp3) is 0.381. The fourth-order valence-electron chi connectivity index (χ4n) is 3.54. The molecule has 9 heteroatoms. The lowest BCUT2D eigenvalue weighted by atomic mass is 10.1. The number of nitrogens with one attached hydrogen (secondary N) is 1. The number of ether oxygens (including phenoxy) is 2. The molecule has 0 aliphatic carbocycles. The predicted octanol–water partition coefficient (Wildman–Crippen LogP) is 3.27. The van der Waals surface area contributed by atoms with E-state index in [4.69, 9.17) is 9.47 Å². The zero-order valence-corrected chi connectivity index (χ0v) is 17.9. The third kappa shape index (κ3) is 4.25. The Balaban J connectivity index is 1.48. The average molecular weight is 428 g/mol. The zero-order valence-electron chi connectivity index (χ0n) is 17.1. The minimum atomic E-state index is -0.195. The molecular formula is C21H25N5O3S. The minimum absolute atomic E-state index is 0.195. The van der Waals surface area contributed by atoms with Crippen LogP contribution in [0.5, 0.6) is 11.5 Å². The van der Waals surface area contributed by atoms with Gasteiger partial charge in [0.05, 0.1) is 14.2 Å². The van der Waals surface area contributed by atoms with E-state index >= 15 is 0 Å². The van der Waals surface area contributed by atoms with Crippen LogP contribution >= 0.6 is 11.3 Å². The number of methoxy groups -OCH3 is 2. The first kappa shape index (κ1) is 20.2. The molecule has 3 heterocycles. The average Bonchev–Trinajstić information content (AvgIpc) is 3.47. The van der Waals surface area contributed by atoms with Gasteiger partial charge in [0, 0.05) is 31.4 Å². The van der Waals surface area contributed by atoms with E-state index in [0.717, 1.165) is 23.8 Å². The summed E-state index contributed by atoms with van der Waals surface area (Å²) < 4.78 is 12.4. The number of benzene rings is 1. The number of piperidine rings is 1. The summed E-state index contributed by atoms with van der Waals surface area (Å²) in [6.45, 7) is 2.34. The van der Waals surface area contributed by atoms with Gasteiger partial charge in [0.25, 0.3) is 5.91 Å². The number of nitrogens with zero attached hydrogens (tertiary/aromatic N) is 4. The van der Waals surface area contributed by atoms with E-state index in [1.54, 1.807) is 24.9 Å². The maximum absolute atomic E-state index is 12.9. The molecule has 1 aliphatic heterocycles. The summed E-state index contributed by atoms with van der Waals surface area (Å²) in [5.41, 5.74) is 1.35. The van der Waals surface area contributed by atoms with E-state index in [1.165, 1.54) is 30.6 Å². The highest BCUT2D eigenvalue weighted by Crippen LogP contribution is 2.27. The quantitative estimate of drug-likeness (QED) is 0.623. The zero-order chi connectivity index (χ0) is 20.9. The van der Waals surface area contributed by atoms with Crippen LogP contribution in [0.1, 0.15) is 35.3 Å². The first-order valence-electron chi connectivity index (χ1n) is 9.95. The predicted molar refractivity (Wildman–Crippen MR) is 116 cm³/mol. The van der Waals surface area contributed by atoms with E-state index < -0.39 is 0 Å². The summed E-state index contributed by atoms with van der Waals surface area (Å²) in [7, 11) is 3.21. The summed E-state index contributed by atoms with van der Waals surface area (Å²) in [5.74, 6) is 1.21. The Labute approximate surface area is 179 Å². The molecule has 1 aromatic carbocycles. The highest BCUT2D eigenvalue weighted by Gasteiger charge is 2.19. The molecule has 8 nitrogen and oxygen atoms in total. The molecular weight excluding hydrogens is 402 g/mol. The van der Waals surface area contributed by atoms with Crippen LogP contribution in [0.15, 0.2) is 36.5 Å². The lowest BCUT2D eigenvalue weighted by Gasteiger charge is -2.25. The van der Waals surface area contributed by atoms with Crippen LogP contribution < -0.4 is 19.7 Å². The van der Waals surface area contributed by atoms with Crippen molar-refractivity contribution in [1.82, 2.24) is 20.1 Å². The van der Waals surface area contributed by atoms with Crippen LogP contribution in [-0.4, -0.2) is 48.0 Å². The Morgan fingerprint density at radius 1 is 1.10 bits per heavy atom. The molecule has 3 aromatic rings. The molecule has 0 bridgehead atoms. The molecule has 0 saturated carbocycles. The number of amides is 1. The third-order valence-corrected chi connectivity index (χ3v) is 6.13. The van der Waals surface area contributed by atoms with Gasteiger partial charge in [-0.05, 0) is 49.6 Å². The monoisotopic (exact) mass is 427 g/mol. The van der Waals surface area contributed by atoms with Gasteiger partial charge in [0.1, 0.15) is 17.2 Å². The second-order valence-corrected chi connectivity index (χ2v) is 7.97. The first-order valence-corrected chi connectivity index (χ1v) is 10.8. The standard InChI is InChI=1S/C21H25N5O3S/c1-28-16-8-9-18(29-2)15(13-16)14-22-19(27)17-7-6-12-26(17)21-24-23-20(30-21)25-10-4-3-5-11-25/h6-9,12-13H,3-5,10-11,14H2,1-2H3,(H,22,27). The van der Waals surface area contributed by atoms with Crippen LogP contribution in [0.4, 0.5) is 5.13 Å². The van der Waals surface area contributed by atoms with Crippen LogP contribution in [-0.2, 0) is 6.54 Å². The number of hydrogen-bond acceptors (Lipinski definition) is 7. The van der Waals surface area contributed by atoms with Gasteiger partial charge < -0.3 is 19.7 Å². The number of rotatable bonds is 7. The molecule has 30 heavy (non-hydrogen) atoms. The van der Waals surface area contributed by atoms with E-state index in [1.807, 2.05) is 30.5 Å². The summed E-state index contributed by atoms with van der Waals surface area (Å²) >= 11 is 1.50. The smallest absolute Gasteiger partial charge is 0.268 e. The van der Waals surface area contributed by atoms with E-state index in [-0.39, 0.29) is 5.91 Å². The number of hydrogen-bond donors (Lipinski definition) is 1. The Bertz CT molecular complexity index is 1010. The van der Waals surface area contributed by atoms with Crippen molar-refractivity contribution < 1.29 is 14.3 Å². The highest BCUT2D eigenvalue weighted by molar-refractivity contribution is 7.17. The molecule has 1 N–H and O–H groups in total. The van der Waals surface area contributed by atoms with Crippen LogP contribution in [0.2, 0.25) is 0 Å². The van der Waals surface area contributed by atoms with E-state index in [0.29, 0.717) is 28.9 Å². The fourth-order valence-corrected chi connectivity index (χ4v) is 4.43. The molecule has 2 aromatic heterocycles. The molecule has 0 spiro atoms. The summed E-state index contributed by atoms with van der Waals surface area (Å²) in [4.78, 5) is 15.1. The van der Waals surface area contributed by atoms with Gasteiger partial charge in [-0.2, -0.15) is 0 Å². The molecule has 0 radical (unpaired) electrons. The van der Waals surface area contributed by atoms with Crippen molar-refractivity contribution in [3.05, 3.63) is 47.8 Å². The van der Waals surface area contributed by atoms with Crippen LogP contribution in [0.25, 0.3) is 5.13 Å². The van der Waals surface area contributed by atoms with Crippen LogP contribution in [0.3, 0.4) is 0 Å². The topological polar surface area (TPSA) is 81.5 Å². The number of anilines is 1. The second-order valence-electron chi connectivity index (χ2n) is 7.04. The van der Waals surface area contributed by atoms with Crippen molar-refractivity contribution in [3.63, 3.8) is 0 Å². The SMILES string of the molecule is COc1ccc(OC)c(CNC(=O)c2cccn2-c2nnc(N3CCCCC3)s2)c1. The number of carbonyl (C=O) groups is 1. The maximum Gasteiger partial charge on any atom is 0.268 e. The van der Waals surface area contributed by atoms with E-state index in [2.05, 4.69) is 20.4 Å². The molecule has 1 fully saturated rings. The Morgan fingerprint density at radius 3 is 2.67 bits per heavy atom. The van der Waals surface area contributed by atoms with Crippen LogP contribution in [0, 0.1) is 0 Å². The normalized spacial score (nSPS) is 13.9. The second kappa shape index (κ2) is 9.17. The molecule has 0 unspecified atom stereocenters. The van der Waals surface area contributed by atoms with E-state index in [9.17, 15) is 4.79 Å². The van der Waals surface area contributed by atoms with Gasteiger partial charge in [-0.3, -0.25) is 9.36 Å². The van der Waals surface area contributed by atoms with Crippen molar-refractivity contribution in [1.29, 1.82) is 0 Å². The Hall–Kier alpha value is -3.07. The largest absolute Gasteiger partial charge is 0.497 e. The van der Waals surface area contributed by atoms with Gasteiger partial charge in [0.2, 0.25) is 10.3 Å². The Morgan fingerprint density at radius 2 is 1.90 bits per heavy atom. The van der Waals surface area contributed by atoms with Gasteiger partial charge in [-0.1, -0.05) is 11.3 Å². The maximum atomic E-state index is 12.9. The summed E-state index contributed by atoms with van der Waals surface area (Å²) in [5, 5.41) is 13.2. The minimum Gasteiger partial charge on any atom is -0.497 e. The van der Waals surface area contributed by atoms with Gasteiger partial charge in [0.15, 0.2) is 0 Å². The molecule has 4 rings (SSSR count). The number of carbonyl (C=O) groups excluding carboxylic acids is 1. The van der Waals surface area contributed by atoms with Gasteiger partial charge >= 0.3 is 0 Å². The summed E-state index contributed by atoms with van der Waals surface area (Å²) in [6.07, 6.45) is 5.46. The molecule has 1 aliphatic rings. The first-order chi connectivity index (χ1) is 14.7. The molecule has 0 atom stereocenters. The van der Waals surface area contributed by atoms with Gasteiger partial charge in [-0.15, -0.1) is 10.2 Å². The molecule has 1 amide bonds. The van der Waals surface area contributed by atoms with Crippen molar-refractivity contribution in [2.45, 2.75) is 25.8 Å². The molecule has 1 saturated heterocycles. The molecule has 158 valence electrons. The number of aromatic nitrogens is 3. The van der Waals surface area contributed by atoms with Crippen molar-refractivity contribution >= 4 is 22.4 Å². The lowest BCUT2D eigenvalue weighted by Crippen LogP contribution is -2.29. The van der Waals surface area contributed by atoms with Gasteiger partial charge in [-0.25, -0.2) is 0 Å². The van der Waals surface area contributed by atoms with Crippen molar-refractivity contribution in [2.75, 3.05) is 32.2 Å². The highest BCUT2D eigenvalue weighted by atomic mass is 32.1. The summed E-state index contributed by atoms with van der Waals surface area (Å²) in [6, 6.07) is 9.12. The van der Waals surface area contributed by atoms with Crippen molar-refractivity contribution in [3.8, 4) is 16.6 Å². The third-order valence-electron chi connectivity index (χ3n) is 5.14. The lowest BCUT2D eigenvalue weighted by molar-refractivity contribution is 0.0944. The Kier molecular flexibility index (Phi) is 6.18. The van der Waals surface area contributed by atoms with Crippen molar-refractivity contribution in [2.24, 2.45) is 0 Å².